The molecule has 14 heavy (non-hydrogen) atoms. The molecule has 0 aliphatic carbocycles. The average molecular weight is 368 g/mol. The first-order valence-corrected chi connectivity index (χ1v) is 6.02. The van der Waals surface area contributed by atoms with Gasteiger partial charge in [0.1, 0.15) is 0 Å². The van der Waals surface area contributed by atoms with Crippen molar-refractivity contribution in [2.24, 2.45) is 0 Å². The summed E-state index contributed by atoms with van der Waals surface area (Å²) in [6.07, 6.45) is 0.898. The first kappa shape index (κ1) is 20.9. The Balaban J connectivity index is -0.0000000770. The molecule has 10 heteroatoms. The molecular weight excluding hydrogens is 358 g/mol. The van der Waals surface area contributed by atoms with Gasteiger partial charge in [-0.3, -0.25) is 0 Å². The van der Waals surface area contributed by atoms with Gasteiger partial charge in [0.25, 0.3) is 0 Å². The molecule has 0 aromatic carbocycles. The second-order valence-electron chi connectivity index (χ2n) is 1.68. The van der Waals surface area contributed by atoms with Gasteiger partial charge in [-0.05, 0) is 0 Å². The van der Waals surface area contributed by atoms with Crippen LogP contribution in [-0.4, -0.2) is 36.3 Å². The van der Waals surface area contributed by atoms with E-state index >= 15 is 0 Å². The SMILES string of the molecule is O=P(O)(O)O.OC=C(Br)C(Br)CO.[H-].[Na+]. The average Bonchev–Trinajstić information content (AvgIpc) is 1.98. The van der Waals surface area contributed by atoms with Crippen LogP contribution in [0.5, 0.6) is 0 Å². The molecule has 0 saturated carbocycles. The molecule has 0 aliphatic rings. The van der Waals surface area contributed by atoms with Gasteiger partial charge in [0, 0.05) is 4.48 Å². The van der Waals surface area contributed by atoms with Crippen molar-refractivity contribution in [3.05, 3.63) is 10.7 Å². The fraction of sp³-hybridized carbons (Fsp3) is 0.500. The smallest absolute Gasteiger partial charge is 1.00 e. The fourth-order valence-corrected chi connectivity index (χ4v) is 0.431. The van der Waals surface area contributed by atoms with Crippen molar-refractivity contribution in [2.75, 3.05) is 6.61 Å². The summed E-state index contributed by atoms with van der Waals surface area (Å²) in [4.78, 5) is 21.4. The van der Waals surface area contributed by atoms with Crippen LogP contribution < -0.4 is 29.6 Å². The van der Waals surface area contributed by atoms with Crippen LogP contribution in [0, 0.1) is 0 Å². The van der Waals surface area contributed by atoms with E-state index in [9.17, 15) is 0 Å². The number of aliphatic hydroxyl groups excluding tert-OH is 2. The zero-order chi connectivity index (χ0) is 11.1. The predicted octanol–water partition coefficient (Wildman–Crippen LogP) is -2.28. The van der Waals surface area contributed by atoms with E-state index in [0.29, 0.717) is 4.48 Å². The zero-order valence-electron chi connectivity index (χ0n) is 8.21. The number of halogens is 2. The van der Waals surface area contributed by atoms with E-state index in [-0.39, 0.29) is 42.4 Å². The van der Waals surface area contributed by atoms with E-state index in [1.165, 1.54) is 0 Å². The Morgan fingerprint density at radius 3 is 1.86 bits per heavy atom. The second kappa shape index (κ2) is 11.1. The largest absolute Gasteiger partial charge is 1.00 e. The minimum absolute atomic E-state index is 0. The molecule has 0 amide bonds. The molecule has 5 N–H and O–H groups in total. The zero-order valence-corrected chi connectivity index (χ0v) is 13.3. The molecular formula is C4H10Br2NaO6P. The van der Waals surface area contributed by atoms with E-state index in [1.54, 1.807) is 0 Å². The summed E-state index contributed by atoms with van der Waals surface area (Å²) < 4.78 is 9.42. The van der Waals surface area contributed by atoms with Crippen molar-refractivity contribution in [1.29, 1.82) is 0 Å². The predicted molar refractivity (Wildman–Crippen MR) is 54.8 cm³/mol. The van der Waals surface area contributed by atoms with E-state index in [1.807, 2.05) is 0 Å². The van der Waals surface area contributed by atoms with Crippen LogP contribution in [0.1, 0.15) is 1.43 Å². The summed E-state index contributed by atoms with van der Waals surface area (Å²) >= 11 is 6.08. The molecule has 0 aromatic rings. The molecule has 0 bridgehead atoms. The van der Waals surface area contributed by atoms with Crippen LogP contribution in [0.4, 0.5) is 0 Å². The van der Waals surface area contributed by atoms with Gasteiger partial charge < -0.3 is 26.3 Å². The Hall–Kier alpha value is 1.57. The van der Waals surface area contributed by atoms with Gasteiger partial charge in [-0.1, -0.05) is 31.9 Å². The Bertz CT molecular complexity index is 203. The summed E-state index contributed by atoms with van der Waals surface area (Å²) in [5, 5.41) is 16.7. The number of hydrogen-bond donors (Lipinski definition) is 5. The van der Waals surface area contributed by atoms with Gasteiger partial charge in [0.15, 0.2) is 0 Å². The first-order chi connectivity index (χ1) is 5.72. The Labute approximate surface area is 121 Å². The van der Waals surface area contributed by atoms with Crippen LogP contribution >= 0.6 is 39.7 Å². The van der Waals surface area contributed by atoms with Crippen molar-refractivity contribution < 1.29 is 60.4 Å². The molecule has 1 atom stereocenters. The monoisotopic (exact) mass is 366 g/mol. The van der Waals surface area contributed by atoms with E-state index in [4.69, 9.17) is 29.5 Å². The van der Waals surface area contributed by atoms with E-state index in [0.717, 1.165) is 6.26 Å². The second-order valence-corrected chi connectivity index (χ2v) is 4.72. The van der Waals surface area contributed by atoms with Crippen molar-refractivity contribution in [3.8, 4) is 0 Å². The van der Waals surface area contributed by atoms with Crippen molar-refractivity contribution in [2.45, 2.75) is 4.83 Å². The normalized spacial score (nSPS) is 13.4. The molecule has 6 nitrogen and oxygen atoms in total. The number of hydrogen-bond acceptors (Lipinski definition) is 3. The van der Waals surface area contributed by atoms with Gasteiger partial charge in [-0.25, -0.2) is 4.57 Å². The van der Waals surface area contributed by atoms with Crippen LogP contribution in [0.25, 0.3) is 0 Å². The number of rotatable bonds is 2. The third kappa shape index (κ3) is 23.4. The van der Waals surface area contributed by atoms with Crippen molar-refractivity contribution >= 4 is 39.7 Å². The molecule has 0 fully saturated rings. The van der Waals surface area contributed by atoms with E-state index in [2.05, 4.69) is 31.9 Å². The number of aliphatic hydroxyl groups is 2. The van der Waals surface area contributed by atoms with Gasteiger partial charge in [0.2, 0.25) is 0 Å². The molecule has 0 saturated heterocycles. The van der Waals surface area contributed by atoms with Crippen LogP contribution in [0.2, 0.25) is 0 Å². The molecule has 1 unspecified atom stereocenters. The van der Waals surface area contributed by atoms with Gasteiger partial charge in [-0.15, -0.1) is 0 Å². The third-order valence-corrected chi connectivity index (χ3v) is 2.74. The van der Waals surface area contributed by atoms with Crippen molar-refractivity contribution in [1.82, 2.24) is 0 Å². The summed E-state index contributed by atoms with van der Waals surface area (Å²) in [5.74, 6) is 0. The molecule has 0 radical (unpaired) electrons. The van der Waals surface area contributed by atoms with E-state index < -0.39 is 7.82 Å². The quantitative estimate of drug-likeness (QED) is 0.162. The summed E-state index contributed by atoms with van der Waals surface area (Å²) in [5.41, 5.74) is 0. The number of phosphoric acid groups is 1. The van der Waals surface area contributed by atoms with Crippen molar-refractivity contribution in [3.63, 3.8) is 0 Å². The molecule has 0 spiro atoms. The van der Waals surface area contributed by atoms with Gasteiger partial charge in [-0.2, -0.15) is 0 Å². The van der Waals surface area contributed by atoms with Crippen LogP contribution in [-0.2, 0) is 4.57 Å². The number of alkyl halides is 1. The maximum Gasteiger partial charge on any atom is 1.00 e. The Morgan fingerprint density at radius 1 is 1.50 bits per heavy atom. The molecule has 82 valence electrons. The molecule has 0 aromatic heterocycles. The Morgan fingerprint density at radius 2 is 1.79 bits per heavy atom. The van der Waals surface area contributed by atoms with Crippen LogP contribution in [0.3, 0.4) is 0 Å². The topological polar surface area (TPSA) is 118 Å². The summed E-state index contributed by atoms with van der Waals surface area (Å²) in [6, 6.07) is 0. The summed E-state index contributed by atoms with van der Waals surface area (Å²) in [6.45, 7) is -0.0301. The maximum atomic E-state index is 8.88. The third-order valence-electron chi connectivity index (χ3n) is 0.583. The van der Waals surface area contributed by atoms with Crippen LogP contribution in [0.15, 0.2) is 10.7 Å². The minimum Gasteiger partial charge on any atom is -1.00 e. The first-order valence-electron chi connectivity index (χ1n) is 2.75. The molecule has 0 heterocycles. The molecule has 0 aliphatic heterocycles. The molecule has 0 rings (SSSR count). The van der Waals surface area contributed by atoms with Gasteiger partial charge >= 0.3 is 37.4 Å². The minimum atomic E-state index is -4.64. The van der Waals surface area contributed by atoms with Gasteiger partial charge in [0.05, 0.1) is 17.7 Å². The fourth-order valence-electron chi connectivity index (χ4n) is 0.168. The Kier molecular flexibility index (Phi) is 16.5. The summed E-state index contributed by atoms with van der Waals surface area (Å²) in [7, 11) is -4.64. The standard InChI is InChI=1S/C4H6Br2O2.Na.H3O4P.H/c5-3(1-7)4(6)2-8;;1-5(2,3)4;/h1,4,7-8H,2H2;;(H3,1,2,3,4);/q;+1;;-1. The maximum absolute atomic E-state index is 8.88.